The Hall–Kier alpha value is -3.43. The third-order valence-electron chi connectivity index (χ3n) is 6.20. The van der Waals surface area contributed by atoms with E-state index < -0.39 is 36.3 Å². The highest BCUT2D eigenvalue weighted by atomic mass is 35.5. The van der Waals surface area contributed by atoms with E-state index in [1.165, 1.54) is 55.6 Å². The zero-order valence-corrected chi connectivity index (χ0v) is 20.6. The molecule has 188 valence electrons. The van der Waals surface area contributed by atoms with Gasteiger partial charge in [0.15, 0.2) is 6.61 Å². The van der Waals surface area contributed by atoms with Gasteiger partial charge in [-0.2, -0.15) is 0 Å². The maximum Gasteiger partial charge on any atom is 0.338 e. The van der Waals surface area contributed by atoms with Crippen LogP contribution >= 0.6 is 23.2 Å². The Morgan fingerprint density at radius 2 is 1.36 bits per heavy atom. The Balaban J connectivity index is 1.33. The van der Waals surface area contributed by atoms with Crippen molar-refractivity contribution in [2.45, 2.75) is 23.6 Å². The second-order valence-electron chi connectivity index (χ2n) is 8.47. The number of methoxy groups -OCH3 is 1. The highest BCUT2D eigenvalue weighted by Gasteiger charge is 2.52. The van der Waals surface area contributed by atoms with Crippen LogP contribution in [0.4, 0.5) is 11.4 Å². The van der Waals surface area contributed by atoms with Crippen molar-refractivity contribution in [1.29, 1.82) is 0 Å². The lowest BCUT2D eigenvalue weighted by molar-refractivity contribution is -0.122. The van der Waals surface area contributed by atoms with E-state index in [2.05, 4.69) is 10.1 Å². The molecule has 0 unspecified atom stereocenters. The van der Waals surface area contributed by atoms with Gasteiger partial charge < -0.3 is 14.8 Å². The van der Waals surface area contributed by atoms with Crippen molar-refractivity contribution >= 4 is 64.2 Å². The molecule has 36 heavy (non-hydrogen) atoms. The fourth-order valence-corrected chi connectivity index (χ4v) is 4.90. The van der Waals surface area contributed by atoms with Gasteiger partial charge in [0.1, 0.15) is 0 Å². The predicted octanol–water partition coefficient (Wildman–Crippen LogP) is 3.38. The second kappa shape index (κ2) is 10.7. The third-order valence-corrected chi connectivity index (χ3v) is 7.29. The van der Waals surface area contributed by atoms with Crippen LogP contribution in [0, 0.1) is 11.8 Å². The van der Waals surface area contributed by atoms with E-state index in [0.717, 1.165) is 4.90 Å². The van der Waals surface area contributed by atoms with E-state index in [4.69, 9.17) is 27.9 Å². The minimum atomic E-state index is -0.750. The van der Waals surface area contributed by atoms with Gasteiger partial charge in [0.05, 0.1) is 46.5 Å². The van der Waals surface area contributed by atoms with Gasteiger partial charge in [-0.25, -0.2) is 9.59 Å². The van der Waals surface area contributed by atoms with Crippen molar-refractivity contribution in [2.75, 3.05) is 23.9 Å². The second-order valence-corrected chi connectivity index (χ2v) is 9.59. The van der Waals surface area contributed by atoms with Crippen LogP contribution in [0.5, 0.6) is 0 Å². The number of rotatable bonds is 6. The average molecular weight is 533 g/mol. The number of ether oxygens (including phenoxy) is 2. The molecule has 2 aliphatic rings. The number of fused-ring (bicyclic) bond motifs is 1. The molecule has 9 nitrogen and oxygen atoms in total. The van der Waals surface area contributed by atoms with Crippen molar-refractivity contribution in [1.82, 2.24) is 0 Å². The van der Waals surface area contributed by atoms with E-state index in [1.54, 1.807) is 0 Å². The van der Waals surface area contributed by atoms with Crippen molar-refractivity contribution in [3.05, 3.63) is 59.7 Å². The molecule has 1 saturated heterocycles. The van der Waals surface area contributed by atoms with Crippen LogP contribution in [-0.4, -0.2) is 54.1 Å². The molecule has 4 rings (SSSR count). The Labute approximate surface area is 216 Å². The average Bonchev–Trinajstić information content (AvgIpc) is 3.11. The van der Waals surface area contributed by atoms with Gasteiger partial charge in [0.2, 0.25) is 11.8 Å². The van der Waals surface area contributed by atoms with E-state index >= 15 is 0 Å². The summed E-state index contributed by atoms with van der Waals surface area (Å²) in [6, 6.07) is 11.8. The molecule has 2 fully saturated rings. The molecule has 0 bridgehead atoms. The van der Waals surface area contributed by atoms with E-state index in [1.807, 2.05) is 0 Å². The molecular weight excluding hydrogens is 511 g/mol. The fraction of sp³-hybridized carbons (Fsp3) is 0.320. The summed E-state index contributed by atoms with van der Waals surface area (Å²) >= 11 is 12.4. The molecule has 1 heterocycles. The lowest BCUT2D eigenvalue weighted by atomic mass is 9.80. The van der Waals surface area contributed by atoms with E-state index in [9.17, 15) is 24.0 Å². The number of anilines is 2. The van der Waals surface area contributed by atoms with Crippen LogP contribution in [0.2, 0.25) is 0 Å². The lowest BCUT2D eigenvalue weighted by Gasteiger charge is -2.28. The molecule has 0 radical (unpaired) electrons. The number of halogens is 2. The fourth-order valence-electron chi connectivity index (χ4n) is 4.32. The molecule has 1 aliphatic heterocycles. The van der Waals surface area contributed by atoms with Gasteiger partial charge in [-0.3, -0.25) is 19.3 Å². The van der Waals surface area contributed by atoms with Crippen molar-refractivity contribution < 1.29 is 33.4 Å². The molecule has 3 amide bonds. The van der Waals surface area contributed by atoms with E-state index in [-0.39, 0.29) is 28.1 Å². The predicted molar refractivity (Wildman–Crippen MR) is 131 cm³/mol. The summed E-state index contributed by atoms with van der Waals surface area (Å²) in [5.41, 5.74) is 1.22. The standard InChI is InChI=1S/C25H22Cl2N2O7/c1-35-24(33)13-2-6-15(7-3-13)28-21(30)12-36-25(34)14-4-8-16(9-5-14)29-22(31)17-10-19(26)20(27)11-18(17)23(29)32/h2-9,17-20H,10-12H2,1H3,(H,28,30)/t17-,18+,19+,20-. The highest BCUT2D eigenvalue weighted by Crippen LogP contribution is 2.43. The van der Waals surface area contributed by atoms with Gasteiger partial charge in [-0.15, -0.1) is 23.2 Å². The van der Waals surface area contributed by atoms with Gasteiger partial charge in [0, 0.05) is 5.69 Å². The number of benzene rings is 2. The number of amides is 3. The Bertz CT molecular complexity index is 1170. The lowest BCUT2D eigenvalue weighted by Crippen LogP contribution is -2.34. The molecule has 0 aromatic heterocycles. The number of carbonyl (C=O) groups excluding carboxylic acids is 5. The number of imide groups is 1. The van der Waals surface area contributed by atoms with Crippen molar-refractivity contribution in [3.63, 3.8) is 0 Å². The zero-order valence-electron chi connectivity index (χ0n) is 19.1. The molecule has 2 aromatic rings. The van der Waals surface area contributed by atoms with Gasteiger partial charge in [0.25, 0.3) is 5.91 Å². The number of nitrogens with zero attached hydrogens (tertiary/aromatic N) is 1. The summed E-state index contributed by atoms with van der Waals surface area (Å²) < 4.78 is 9.66. The Morgan fingerprint density at radius 3 is 1.89 bits per heavy atom. The summed E-state index contributed by atoms with van der Waals surface area (Å²) in [6.07, 6.45) is 0.673. The van der Waals surface area contributed by atoms with Gasteiger partial charge in [-0.1, -0.05) is 0 Å². The monoisotopic (exact) mass is 532 g/mol. The topological polar surface area (TPSA) is 119 Å². The number of hydrogen-bond acceptors (Lipinski definition) is 7. The Kier molecular flexibility index (Phi) is 7.61. The molecular formula is C25H22Cl2N2O7. The number of hydrogen-bond donors (Lipinski definition) is 1. The molecule has 1 aliphatic carbocycles. The first-order chi connectivity index (χ1) is 17.2. The van der Waals surface area contributed by atoms with Gasteiger partial charge >= 0.3 is 11.9 Å². The van der Waals surface area contributed by atoms with Crippen LogP contribution in [0.1, 0.15) is 33.6 Å². The van der Waals surface area contributed by atoms with Crippen LogP contribution in [0.3, 0.4) is 0 Å². The third kappa shape index (κ3) is 5.22. The number of nitrogens with one attached hydrogen (secondary N) is 1. The first-order valence-electron chi connectivity index (χ1n) is 11.1. The number of carbonyl (C=O) groups is 5. The summed E-state index contributed by atoms with van der Waals surface area (Å²) in [5, 5.41) is 1.80. The maximum absolute atomic E-state index is 12.9. The number of esters is 2. The molecule has 11 heteroatoms. The Morgan fingerprint density at radius 1 is 0.861 bits per heavy atom. The normalized spacial score (nSPS) is 23.1. The highest BCUT2D eigenvalue weighted by molar-refractivity contribution is 6.31. The quantitative estimate of drug-likeness (QED) is 0.344. The first kappa shape index (κ1) is 25.7. The minimum absolute atomic E-state index is 0.145. The molecule has 4 atom stereocenters. The minimum Gasteiger partial charge on any atom is -0.465 e. The molecule has 1 saturated carbocycles. The van der Waals surface area contributed by atoms with Gasteiger partial charge in [-0.05, 0) is 61.4 Å². The van der Waals surface area contributed by atoms with Crippen LogP contribution in [0.15, 0.2) is 48.5 Å². The summed E-state index contributed by atoms with van der Waals surface area (Å²) in [7, 11) is 1.27. The van der Waals surface area contributed by atoms with Crippen molar-refractivity contribution in [2.24, 2.45) is 11.8 Å². The number of alkyl halides is 2. The van der Waals surface area contributed by atoms with Crippen molar-refractivity contribution in [3.8, 4) is 0 Å². The summed E-state index contributed by atoms with van der Waals surface area (Å²) in [4.78, 5) is 62.8. The smallest absolute Gasteiger partial charge is 0.338 e. The SMILES string of the molecule is COC(=O)c1ccc(NC(=O)COC(=O)c2ccc(N3C(=O)[C@H]4C[C@@H](Cl)[C@@H](Cl)C[C@H]4C3=O)cc2)cc1. The summed E-state index contributed by atoms with van der Waals surface area (Å²) in [6.45, 7) is -0.537. The molecule has 1 N–H and O–H groups in total. The van der Waals surface area contributed by atoms with Crippen LogP contribution in [0.25, 0.3) is 0 Å². The van der Waals surface area contributed by atoms with Crippen LogP contribution < -0.4 is 10.2 Å². The zero-order chi connectivity index (χ0) is 26.0. The first-order valence-corrected chi connectivity index (χ1v) is 12.0. The van der Waals surface area contributed by atoms with Crippen LogP contribution in [-0.2, 0) is 23.9 Å². The molecule has 2 aromatic carbocycles. The van der Waals surface area contributed by atoms with E-state index in [0.29, 0.717) is 29.8 Å². The molecule has 0 spiro atoms. The largest absolute Gasteiger partial charge is 0.465 e. The summed E-state index contributed by atoms with van der Waals surface area (Å²) in [5.74, 6) is -3.49. The maximum atomic E-state index is 12.9.